The first-order valence-corrected chi connectivity index (χ1v) is 5.94. The summed E-state index contributed by atoms with van der Waals surface area (Å²) in [4.78, 5) is 0. The van der Waals surface area contributed by atoms with Gasteiger partial charge in [-0.15, -0.1) is 0 Å². The van der Waals surface area contributed by atoms with Crippen molar-refractivity contribution in [2.24, 2.45) is 5.92 Å². The van der Waals surface area contributed by atoms with Gasteiger partial charge in [0.05, 0.1) is 0 Å². The standard InChI is InChI=1S/C12H25N/c1-10(2)6-4-8-12-9-5-7-11(3)13-12/h10-13H,4-9H2,1-3H3/t11-,12-/m1/s1. The molecule has 0 aromatic rings. The summed E-state index contributed by atoms with van der Waals surface area (Å²) in [5.74, 6) is 0.876. The predicted molar refractivity (Wildman–Crippen MR) is 58.9 cm³/mol. The highest BCUT2D eigenvalue weighted by molar-refractivity contribution is 4.77. The molecule has 1 rings (SSSR count). The fourth-order valence-corrected chi connectivity index (χ4v) is 2.24. The molecule has 0 bridgehead atoms. The molecule has 0 unspecified atom stereocenters. The number of rotatable bonds is 4. The summed E-state index contributed by atoms with van der Waals surface area (Å²) < 4.78 is 0. The molecule has 0 saturated carbocycles. The molecule has 1 heterocycles. The highest BCUT2D eigenvalue weighted by Gasteiger charge is 2.16. The SMILES string of the molecule is CC(C)CCC[C@@H]1CCC[C@@H](C)N1. The van der Waals surface area contributed by atoms with E-state index in [0.29, 0.717) is 0 Å². The van der Waals surface area contributed by atoms with Gasteiger partial charge in [0.15, 0.2) is 0 Å². The topological polar surface area (TPSA) is 12.0 Å². The van der Waals surface area contributed by atoms with E-state index in [-0.39, 0.29) is 0 Å². The first-order valence-electron chi connectivity index (χ1n) is 5.94. The molecule has 1 saturated heterocycles. The van der Waals surface area contributed by atoms with Crippen molar-refractivity contribution < 1.29 is 0 Å². The van der Waals surface area contributed by atoms with Gasteiger partial charge < -0.3 is 5.32 Å². The van der Waals surface area contributed by atoms with Gasteiger partial charge in [-0.25, -0.2) is 0 Å². The lowest BCUT2D eigenvalue weighted by atomic mass is 9.94. The van der Waals surface area contributed by atoms with Crippen LogP contribution >= 0.6 is 0 Å². The third-order valence-corrected chi connectivity index (χ3v) is 3.04. The van der Waals surface area contributed by atoms with E-state index in [9.17, 15) is 0 Å². The van der Waals surface area contributed by atoms with Crippen LogP contribution in [0.3, 0.4) is 0 Å². The van der Waals surface area contributed by atoms with Crippen molar-refractivity contribution in [2.75, 3.05) is 0 Å². The van der Waals surface area contributed by atoms with E-state index in [1.807, 2.05) is 0 Å². The number of hydrogen-bond acceptors (Lipinski definition) is 1. The number of nitrogens with one attached hydrogen (secondary N) is 1. The molecule has 2 atom stereocenters. The highest BCUT2D eigenvalue weighted by atomic mass is 15.0. The normalized spacial score (nSPS) is 29.5. The van der Waals surface area contributed by atoms with Crippen molar-refractivity contribution in [3.63, 3.8) is 0 Å². The molecule has 0 aliphatic carbocycles. The van der Waals surface area contributed by atoms with Crippen LogP contribution in [0, 0.1) is 5.92 Å². The Morgan fingerprint density at radius 2 is 2.08 bits per heavy atom. The van der Waals surface area contributed by atoms with Crippen LogP contribution in [0.1, 0.15) is 59.3 Å². The molecule has 1 aliphatic rings. The average molecular weight is 183 g/mol. The molecule has 0 amide bonds. The molecule has 0 radical (unpaired) electrons. The maximum Gasteiger partial charge on any atom is 0.00695 e. The van der Waals surface area contributed by atoms with Gasteiger partial charge in [0.2, 0.25) is 0 Å². The van der Waals surface area contributed by atoms with E-state index in [1.54, 1.807) is 0 Å². The summed E-state index contributed by atoms with van der Waals surface area (Å²) in [6.07, 6.45) is 8.40. The zero-order chi connectivity index (χ0) is 9.68. The van der Waals surface area contributed by atoms with Crippen molar-refractivity contribution >= 4 is 0 Å². The van der Waals surface area contributed by atoms with Crippen molar-refractivity contribution in [3.05, 3.63) is 0 Å². The Labute approximate surface area is 83.3 Å². The van der Waals surface area contributed by atoms with Gasteiger partial charge in [0.25, 0.3) is 0 Å². The fourth-order valence-electron chi connectivity index (χ4n) is 2.24. The van der Waals surface area contributed by atoms with Crippen molar-refractivity contribution in [2.45, 2.75) is 71.4 Å². The fraction of sp³-hybridized carbons (Fsp3) is 1.00. The van der Waals surface area contributed by atoms with Crippen LogP contribution in [-0.2, 0) is 0 Å². The van der Waals surface area contributed by atoms with Crippen LogP contribution in [-0.4, -0.2) is 12.1 Å². The quantitative estimate of drug-likeness (QED) is 0.705. The molecule has 0 aromatic carbocycles. The lowest BCUT2D eigenvalue weighted by Crippen LogP contribution is -2.40. The van der Waals surface area contributed by atoms with E-state index in [4.69, 9.17) is 0 Å². The molecule has 1 nitrogen and oxygen atoms in total. The molecular weight excluding hydrogens is 158 g/mol. The molecular formula is C12H25N. The van der Waals surface area contributed by atoms with Gasteiger partial charge in [0, 0.05) is 12.1 Å². The number of piperidine rings is 1. The van der Waals surface area contributed by atoms with Gasteiger partial charge in [0.1, 0.15) is 0 Å². The first-order chi connectivity index (χ1) is 6.18. The average Bonchev–Trinajstić information content (AvgIpc) is 2.03. The maximum absolute atomic E-state index is 3.69. The van der Waals surface area contributed by atoms with E-state index < -0.39 is 0 Å². The monoisotopic (exact) mass is 183 g/mol. The minimum atomic E-state index is 0.762. The molecule has 1 fully saturated rings. The summed E-state index contributed by atoms with van der Waals surface area (Å²) >= 11 is 0. The summed E-state index contributed by atoms with van der Waals surface area (Å²) in [5, 5.41) is 3.69. The smallest absolute Gasteiger partial charge is 0.00695 e. The Bertz CT molecular complexity index is 131. The van der Waals surface area contributed by atoms with Crippen molar-refractivity contribution in [3.8, 4) is 0 Å². The number of hydrogen-bond donors (Lipinski definition) is 1. The second-order valence-electron chi connectivity index (χ2n) is 5.02. The Morgan fingerprint density at radius 1 is 1.31 bits per heavy atom. The predicted octanol–water partition coefficient (Wildman–Crippen LogP) is 3.34. The third-order valence-electron chi connectivity index (χ3n) is 3.04. The van der Waals surface area contributed by atoms with Gasteiger partial charge >= 0.3 is 0 Å². The van der Waals surface area contributed by atoms with Crippen molar-refractivity contribution in [1.29, 1.82) is 0 Å². The zero-order valence-electron chi connectivity index (χ0n) is 9.47. The maximum atomic E-state index is 3.69. The largest absolute Gasteiger partial charge is 0.312 e. The summed E-state index contributed by atoms with van der Waals surface area (Å²) in [7, 11) is 0. The van der Waals surface area contributed by atoms with Gasteiger partial charge in [-0.2, -0.15) is 0 Å². The van der Waals surface area contributed by atoms with Gasteiger partial charge in [-0.3, -0.25) is 0 Å². The zero-order valence-corrected chi connectivity index (χ0v) is 9.47. The van der Waals surface area contributed by atoms with Crippen LogP contribution in [0.4, 0.5) is 0 Å². The first kappa shape index (κ1) is 11.0. The Kier molecular flexibility index (Phi) is 4.79. The molecule has 78 valence electrons. The van der Waals surface area contributed by atoms with E-state index in [0.717, 1.165) is 18.0 Å². The van der Waals surface area contributed by atoms with Gasteiger partial charge in [-0.05, 0) is 32.1 Å². The third kappa shape index (κ3) is 4.66. The van der Waals surface area contributed by atoms with Crippen LogP contribution in [0.5, 0.6) is 0 Å². The lowest BCUT2D eigenvalue weighted by molar-refractivity contribution is 0.311. The molecule has 1 aliphatic heterocycles. The van der Waals surface area contributed by atoms with Crippen LogP contribution in [0.15, 0.2) is 0 Å². The minimum Gasteiger partial charge on any atom is -0.312 e. The van der Waals surface area contributed by atoms with E-state index >= 15 is 0 Å². The molecule has 1 heteroatoms. The summed E-state index contributed by atoms with van der Waals surface area (Å²) in [6.45, 7) is 6.95. The molecule has 1 N–H and O–H groups in total. The second-order valence-corrected chi connectivity index (χ2v) is 5.02. The second kappa shape index (κ2) is 5.64. The highest BCUT2D eigenvalue weighted by Crippen LogP contribution is 2.17. The Balaban J connectivity index is 2.06. The van der Waals surface area contributed by atoms with Crippen LogP contribution in [0.25, 0.3) is 0 Å². The van der Waals surface area contributed by atoms with E-state index in [1.165, 1.54) is 38.5 Å². The Hall–Kier alpha value is -0.0400. The van der Waals surface area contributed by atoms with E-state index in [2.05, 4.69) is 26.1 Å². The molecule has 13 heavy (non-hydrogen) atoms. The molecule has 0 aromatic heterocycles. The summed E-state index contributed by atoms with van der Waals surface area (Å²) in [6, 6.07) is 1.58. The van der Waals surface area contributed by atoms with Crippen LogP contribution < -0.4 is 5.32 Å². The summed E-state index contributed by atoms with van der Waals surface area (Å²) in [5.41, 5.74) is 0. The Morgan fingerprint density at radius 3 is 2.69 bits per heavy atom. The molecule has 0 spiro atoms. The minimum absolute atomic E-state index is 0.762. The lowest BCUT2D eigenvalue weighted by Gasteiger charge is -2.28. The van der Waals surface area contributed by atoms with Crippen molar-refractivity contribution in [1.82, 2.24) is 5.32 Å². The van der Waals surface area contributed by atoms with Gasteiger partial charge in [-0.1, -0.05) is 33.1 Å². The van der Waals surface area contributed by atoms with Crippen LogP contribution in [0.2, 0.25) is 0 Å².